The summed E-state index contributed by atoms with van der Waals surface area (Å²) in [6.07, 6.45) is 6.58. The average Bonchev–Trinajstić information content (AvgIpc) is 2.39. The maximum atomic E-state index is 11.1. The number of carboxylic acid groups (broad SMARTS) is 1. The predicted octanol–water partition coefficient (Wildman–Crippen LogP) is 2.07. The molecule has 1 aliphatic carbocycles. The topological polar surface area (TPSA) is 84.3 Å². The Balaban J connectivity index is 2.16. The second-order valence-corrected chi connectivity index (χ2v) is 4.96. The van der Waals surface area contributed by atoms with Gasteiger partial charge in [-0.3, -0.25) is 4.79 Å². The van der Waals surface area contributed by atoms with E-state index in [-0.39, 0.29) is 6.42 Å². The third-order valence-corrected chi connectivity index (χ3v) is 3.52. The molecule has 1 heterocycles. The Morgan fingerprint density at radius 2 is 2.21 bits per heavy atom. The molecule has 0 aliphatic heterocycles. The highest BCUT2D eigenvalue weighted by Gasteiger charge is 2.35. The molecule has 2 rings (SSSR count). The molecule has 1 aromatic rings. The number of ether oxygens (including phenoxy) is 1. The maximum Gasteiger partial charge on any atom is 0.305 e. The van der Waals surface area contributed by atoms with E-state index in [9.17, 15) is 4.79 Å². The minimum absolute atomic E-state index is 0.0908. The molecule has 2 N–H and O–H groups in total. The van der Waals surface area contributed by atoms with Gasteiger partial charge in [-0.25, -0.2) is 4.98 Å². The summed E-state index contributed by atoms with van der Waals surface area (Å²) in [5.41, 5.74) is -0.434. The molecule has 1 aromatic heterocycles. The van der Waals surface area contributed by atoms with E-state index < -0.39 is 11.5 Å². The molecule has 0 saturated heterocycles. The summed E-state index contributed by atoms with van der Waals surface area (Å²) in [4.78, 5) is 19.4. The number of aliphatic carboxylic acids is 1. The number of hydrogen-bond donors (Lipinski definition) is 2. The molecule has 0 atom stereocenters. The van der Waals surface area contributed by atoms with E-state index in [0.717, 1.165) is 32.1 Å². The SMILES string of the molecule is COc1ccnc(NC2(CC(=O)O)CCCCC2)n1. The first-order chi connectivity index (χ1) is 9.13. The summed E-state index contributed by atoms with van der Waals surface area (Å²) in [7, 11) is 1.54. The Bertz CT molecular complexity index is 445. The number of anilines is 1. The first-order valence-electron chi connectivity index (χ1n) is 6.51. The zero-order valence-electron chi connectivity index (χ0n) is 11.1. The predicted molar refractivity (Wildman–Crippen MR) is 70.3 cm³/mol. The third-order valence-electron chi connectivity index (χ3n) is 3.52. The Kier molecular flexibility index (Phi) is 4.19. The highest BCUT2D eigenvalue weighted by Crippen LogP contribution is 2.33. The van der Waals surface area contributed by atoms with Gasteiger partial charge in [-0.15, -0.1) is 0 Å². The van der Waals surface area contributed by atoms with Crippen LogP contribution in [0.25, 0.3) is 0 Å². The van der Waals surface area contributed by atoms with Crippen molar-refractivity contribution in [2.24, 2.45) is 0 Å². The fourth-order valence-electron chi connectivity index (χ4n) is 2.62. The normalized spacial score (nSPS) is 17.7. The van der Waals surface area contributed by atoms with E-state index in [1.54, 1.807) is 19.4 Å². The summed E-state index contributed by atoms with van der Waals surface area (Å²) in [6, 6.07) is 1.66. The largest absolute Gasteiger partial charge is 0.481 e. The number of rotatable bonds is 5. The van der Waals surface area contributed by atoms with Crippen molar-refractivity contribution in [3.63, 3.8) is 0 Å². The standard InChI is InChI=1S/C13H19N3O3/c1-19-10-5-8-14-12(15-10)16-13(9-11(17)18)6-3-2-4-7-13/h5,8H,2-4,6-7,9H2,1H3,(H,17,18)(H,14,15,16). The number of aromatic nitrogens is 2. The molecule has 104 valence electrons. The first-order valence-corrected chi connectivity index (χ1v) is 6.51. The van der Waals surface area contributed by atoms with Gasteiger partial charge in [-0.1, -0.05) is 19.3 Å². The van der Waals surface area contributed by atoms with Crippen LogP contribution in [-0.2, 0) is 4.79 Å². The summed E-state index contributed by atoms with van der Waals surface area (Å²) in [6.45, 7) is 0. The van der Waals surface area contributed by atoms with Gasteiger partial charge >= 0.3 is 5.97 Å². The van der Waals surface area contributed by atoms with Gasteiger partial charge in [0.15, 0.2) is 0 Å². The van der Waals surface area contributed by atoms with Crippen LogP contribution in [0.4, 0.5) is 5.95 Å². The summed E-state index contributed by atoms with van der Waals surface area (Å²) >= 11 is 0. The smallest absolute Gasteiger partial charge is 0.305 e. The van der Waals surface area contributed by atoms with Crippen molar-refractivity contribution >= 4 is 11.9 Å². The van der Waals surface area contributed by atoms with Crippen molar-refractivity contribution < 1.29 is 14.6 Å². The Morgan fingerprint density at radius 1 is 1.47 bits per heavy atom. The van der Waals surface area contributed by atoms with Gasteiger partial charge in [0.2, 0.25) is 11.8 Å². The zero-order valence-corrected chi connectivity index (χ0v) is 11.1. The second-order valence-electron chi connectivity index (χ2n) is 4.96. The highest BCUT2D eigenvalue weighted by atomic mass is 16.5. The number of hydrogen-bond acceptors (Lipinski definition) is 5. The fourth-order valence-corrected chi connectivity index (χ4v) is 2.62. The van der Waals surface area contributed by atoms with Gasteiger partial charge in [0.25, 0.3) is 0 Å². The molecule has 19 heavy (non-hydrogen) atoms. The molecule has 1 fully saturated rings. The van der Waals surface area contributed by atoms with Crippen LogP contribution in [0.15, 0.2) is 12.3 Å². The molecule has 6 nitrogen and oxygen atoms in total. The number of methoxy groups -OCH3 is 1. The lowest BCUT2D eigenvalue weighted by atomic mass is 9.79. The van der Waals surface area contributed by atoms with Crippen LogP contribution in [0.3, 0.4) is 0 Å². The number of nitrogens with one attached hydrogen (secondary N) is 1. The van der Waals surface area contributed by atoms with Crippen molar-refractivity contribution in [2.75, 3.05) is 12.4 Å². The molecular weight excluding hydrogens is 246 g/mol. The molecule has 0 amide bonds. The van der Waals surface area contributed by atoms with E-state index >= 15 is 0 Å². The van der Waals surface area contributed by atoms with Gasteiger partial charge in [-0.05, 0) is 12.8 Å². The lowest BCUT2D eigenvalue weighted by Gasteiger charge is -2.36. The highest BCUT2D eigenvalue weighted by molar-refractivity contribution is 5.69. The van der Waals surface area contributed by atoms with Crippen molar-refractivity contribution in [2.45, 2.75) is 44.1 Å². The van der Waals surface area contributed by atoms with Gasteiger partial charge in [0.1, 0.15) is 0 Å². The average molecular weight is 265 g/mol. The maximum absolute atomic E-state index is 11.1. The zero-order chi connectivity index (χ0) is 13.7. The third kappa shape index (κ3) is 3.56. The van der Waals surface area contributed by atoms with Gasteiger partial charge in [0, 0.05) is 12.3 Å². The van der Waals surface area contributed by atoms with Crippen molar-refractivity contribution in [3.8, 4) is 5.88 Å². The van der Waals surface area contributed by atoms with E-state index in [2.05, 4.69) is 15.3 Å². The Labute approximate surface area is 112 Å². The quantitative estimate of drug-likeness (QED) is 0.848. The molecule has 0 spiro atoms. The van der Waals surface area contributed by atoms with Crippen LogP contribution in [0.1, 0.15) is 38.5 Å². The summed E-state index contributed by atoms with van der Waals surface area (Å²) in [5, 5.41) is 12.3. The number of nitrogens with zero attached hydrogens (tertiary/aromatic N) is 2. The minimum Gasteiger partial charge on any atom is -0.481 e. The number of carbonyl (C=O) groups is 1. The monoisotopic (exact) mass is 265 g/mol. The Morgan fingerprint density at radius 3 is 2.84 bits per heavy atom. The van der Waals surface area contributed by atoms with Crippen LogP contribution in [0.5, 0.6) is 5.88 Å². The van der Waals surface area contributed by atoms with Gasteiger partial charge in [-0.2, -0.15) is 4.98 Å². The van der Waals surface area contributed by atoms with Crippen LogP contribution >= 0.6 is 0 Å². The van der Waals surface area contributed by atoms with Crippen LogP contribution in [0, 0.1) is 0 Å². The molecule has 0 aromatic carbocycles. The molecular formula is C13H19N3O3. The van der Waals surface area contributed by atoms with Gasteiger partial charge < -0.3 is 15.2 Å². The molecule has 1 aliphatic rings. The molecule has 0 bridgehead atoms. The summed E-state index contributed by atoms with van der Waals surface area (Å²) < 4.78 is 5.05. The molecule has 1 saturated carbocycles. The lowest BCUT2D eigenvalue weighted by molar-refractivity contribution is -0.138. The van der Waals surface area contributed by atoms with Crippen molar-refractivity contribution in [3.05, 3.63) is 12.3 Å². The molecule has 0 radical (unpaired) electrons. The van der Waals surface area contributed by atoms with Crippen LogP contribution in [-0.4, -0.2) is 33.7 Å². The second kappa shape index (κ2) is 5.86. The lowest BCUT2D eigenvalue weighted by Crippen LogP contribution is -2.42. The summed E-state index contributed by atoms with van der Waals surface area (Å²) in [5.74, 6) is 0.110. The van der Waals surface area contributed by atoms with Crippen molar-refractivity contribution in [1.29, 1.82) is 0 Å². The van der Waals surface area contributed by atoms with Crippen LogP contribution in [0.2, 0.25) is 0 Å². The van der Waals surface area contributed by atoms with E-state index in [1.165, 1.54) is 0 Å². The molecule has 0 unspecified atom stereocenters. The van der Waals surface area contributed by atoms with E-state index in [4.69, 9.17) is 9.84 Å². The van der Waals surface area contributed by atoms with E-state index in [0.29, 0.717) is 11.8 Å². The van der Waals surface area contributed by atoms with Gasteiger partial charge in [0.05, 0.1) is 19.1 Å². The fraction of sp³-hybridized carbons (Fsp3) is 0.615. The van der Waals surface area contributed by atoms with Crippen molar-refractivity contribution in [1.82, 2.24) is 9.97 Å². The number of carboxylic acids is 1. The Hall–Kier alpha value is -1.85. The first kappa shape index (κ1) is 13.6. The molecule has 6 heteroatoms. The van der Waals surface area contributed by atoms with Crippen LogP contribution < -0.4 is 10.1 Å². The van der Waals surface area contributed by atoms with E-state index in [1.807, 2.05) is 0 Å². The minimum atomic E-state index is -0.794.